The largest absolute Gasteiger partial charge is 0.340 e. The first-order valence-corrected chi connectivity index (χ1v) is 9.96. The number of piperidine rings is 1. The maximum Gasteiger partial charge on any atom is 0.226 e. The van der Waals surface area contributed by atoms with Gasteiger partial charge in [-0.25, -0.2) is 0 Å². The third kappa shape index (κ3) is 4.73. The summed E-state index contributed by atoms with van der Waals surface area (Å²) in [6.07, 6.45) is 3.48. The van der Waals surface area contributed by atoms with Crippen LogP contribution in [0, 0.1) is 11.3 Å². The highest BCUT2D eigenvalue weighted by atomic mass is 35.5. The van der Waals surface area contributed by atoms with Crippen molar-refractivity contribution in [3.05, 3.63) is 34.9 Å². The maximum atomic E-state index is 12.9. The van der Waals surface area contributed by atoms with Crippen molar-refractivity contribution < 1.29 is 4.79 Å². The van der Waals surface area contributed by atoms with Gasteiger partial charge in [0.2, 0.25) is 5.91 Å². The molecule has 2 saturated heterocycles. The molecule has 3 aliphatic rings. The van der Waals surface area contributed by atoms with Crippen LogP contribution in [-0.2, 0) is 4.79 Å². The van der Waals surface area contributed by atoms with Crippen molar-refractivity contribution >= 4 is 42.3 Å². The third-order valence-electron chi connectivity index (χ3n) is 6.61. The first kappa shape index (κ1) is 22.8. The van der Waals surface area contributed by atoms with Crippen LogP contribution in [-0.4, -0.2) is 55.0 Å². The van der Waals surface area contributed by atoms with Gasteiger partial charge in [0.25, 0.3) is 0 Å². The van der Waals surface area contributed by atoms with E-state index in [9.17, 15) is 4.79 Å². The van der Waals surface area contributed by atoms with E-state index in [1.165, 1.54) is 18.4 Å². The second kappa shape index (κ2) is 9.32. The van der Waals surface area contributed by atoms with Gasteiger partial charge in [0.05, 0.1) is 0 Å². The number of halogens is 3. The Labute approximate surface area is 179 Å². The molecule has 1 aromatic rings. The summed E-state index contributed by atoms with van der Waals surface area (Å²) < 4.78 is 0. The molecule has 1 aliphatic carbocycles. The summed E-state index contributed by atoms with van der Waals surface area (Å²) >= 11 is 5.99. The lowest BCUT2D eigenvalue weighted by atomic mass is 9.91. The topological polar surface area (TPSA) is 35.6 Å². The first-order chi connectivity index (χ1) is 12.1. The summed E-state index contributed by atoms with van der Waals surface area (Å²) in [6.45, 7) is 8.04. The number of nitrogens with zero attached hydrogens (tertiary/aromatic N) is 2. The molecule has 152 valence electrons. The van der Waals surface area contributed by atoms with Crippen LogP contribution >= 0.6 is 36.4 Å². The average Bonchev–Trinajstić information content (AvgIpc) is 3.34. The van der Waals surface area contributed by atoms with Gasteiger partial charge in [-0.1, -0.05) is 23.7 Å². The van der Waals surface area contributed by atoms with Gasteiger partial charge in [0, 0.05) is 43.2 Å². The highest BCUT2D eigenvalue weighted by molar-refractivity contribution is 6.30. The summed E-state index contributed by atoms with van der Waals surface area (Å²) in [6, 6.07) is 8.49. The highest BCUT2D eigenvalue weighted by Gasteiger charge is 2.58. The average molecular weight is 435 g/mol. The van der Waals surface area contributed by atoms with Crippen molar-refractivity contribution in [3.63, 3.8) is 0 Å². The van der Waals surface area contributed by atoms with Gasteiger partial charge in [-0.05, 0) is 62.4 Å². The van der Waals surface area contributed by atoms with Gasteiger partial charge in [0.1, 0.15) is 0 Å². The molecule has 4 nitrogen and oxygen atoms in total. The van der Waals surface area contributed by atoms with Crippen LogP contribution in [0.4, 0.5) is 0 Å². The van der Waals surface area contributed by atoms with Gasteiger partial charge in [-0.2, -0.15) is 0 Å². The minimum absolute atomic E-state index is 0. The fraction of sp³-hybridized carbons (Fsp3) is 0.650. The van der Waals surface area contributed by atoms with Crippen LogP contribution in [0.2, 0.25) is 5.02 Å². The summed E-state index contributed by atoms with van der Waals surface area (Å²) in [7, 11) is 0. The SMILES string of the molecule is CC(c1ccc(Cl)cc1)N1CCN(C(=O)C2CC23CCNCC3)CC1.Cl.Cl. The Kier molecular flexibility index (Phi) is 7.86. The molecule has 3 fully saturated rings. The van der Waals surface area contributed by atoms with Crippen molar-refractivity contribution in [3.8, 4) is 0 Å². The molecule has 1 spiro atoms. The molecular formula is C20H30Cl3N3O. The number of carbonyl (C=O) groups excluding carboxylic acids is 1. The van der Waals surface area contributed by atoms with Crippen LogP contribution in [0.1, 0.15) is 37.8 Å². The van der Waals surface area contributed by atoms with E-state index in [0.717, 1.165) is 50.7 Å². The van der Waals surface area contributed by atoms with Crippen LogP contribution < -0.4 is 5.32 Å². The zero-order valence-electron chi connectivity index (χ0n) is 15.8. The van der Waals surface area contributed by atoms with Gasteiger partial charge in [0.15, 0.2) is 0 Å². The number of rotatable bonds is 3. The minimum Gasteiger partial charge on any atom is -0.340 e. The molecular weight excluding hydrogens is 405 g/mol. The number of hydrogen-bond acceptors (Lipinski definition) is 3. The van der Waals surface area contributed by atoms with Gasteiger partial charge in [-0.3, -0.25) is 9.69 Å². The highest BCUT2D eigenvalue weighted by Crippen LogP contribution is 2.59. The Morgan fingerprint density at radius 3 is 2.30 bits per heavy atom. The van der Waals surface area contributed by atoms with E-state index in [-0.39, 0.29) is 24.8 Å². The number of piperazine rings is 1. The van der Waals surface area contributed by atoms with Gasteiger partial charge >= 0.3 is 0 Å². The lowest BCUT2D eigenvalue weighted by molar-refractivity contribution is -0.135. The van der Waals surface area contributed by atoms with Crippen LogP contribution in [0.15, 0.2) is 24.3 Å². The summed E-state index contributed by atoms with van der Waals surface area (Å²) in [5, 5.41) is 4.20. The molecule has 7 heteroatoms. The molecule has 0 bridgehead atoms. The molecule has 1 aromatic carbocycles. The van der Waals surface area contributed by atoms with Crippen molar-refractivity contribution in [2.75, 3.05) is 39.3 Å². The van der Waals surface area contributed by atoms with E-state index in [1.807, 2.05) is 12.1 Å². The monoisotopic (exact) mass is 433 g/mol. The summed E-state index contributed by atoms with van der Waals surface area (Å²) in [4.78, 5) is 17.5. The maximum absolute atomic E-state index is 12.9. The smallest absolute Gasteiger partial charge is 0.226 e. The second-order valence-electron chi connectivity index (χ2n) is 7.96. The quantitative estimate of drug-likeness (QED) is 0.786. The number of benzene rings is 1. The third-order valence-corrected chi connectivity index (χ3v) is 6.87. The van der Waals surface area contributed by atoms with E-state index < -0.39 is 0 Å². The number of nitrogens with one attached hydrogen (secondary N) is 1. The predicted molar refractivity (Wildman–Crippen MR) is 115 cm³/mol. The summed E-state index contributed by atoms with van der Waals surface area (Å²) in [5.74, 6) is 0.718. The molecule has 27 heavy (non-hydrogen) atoms. The lowest BCUT2D eigenvalue weighted by Crippen LogP contribution is -2.50. The van der Waals surface area contributed by atoms with Crippen molar-refractivity contribution in [1.82, 2.24) is 15.1 Å². The molecule has 1 saturated carbocycles. The van der Waals surface area contributed by atoms with Crippen molar-refractivity contribution in [2.24, 2.45) is 11.3 Å². The Balaban J connectivity index is 0.00000131. The zero-order chi connectivity index (χ0) is 17.4. The van der Waals surface area contributed by atoms with E-state index in [4.69, 9.17) is 11.6 Å². The standard InChI is InChI=1S/C20H28ClN3O.2ClH/c1-15(16-2-4-17(21)5-3-16)23-10-12-24(13-11-23)19(25)18-14-20(18)6-8-22-9-7-20;;/h2-5,15,18,22H,6-14H2,1H3;2*1H. The number of hydrogen-bond donors (Lipinski definition) is 1. The van der Waals surface area contributed by atoms with E-state index in [0.29, 0.717) is 23.3 Å². The molecule has 0 aromatic heterocycles. The summed E-state index contributed by atoms with van der Waals surface area (Å²) in [5.41, 5.74) is 1.64. The molecule has 2 heterocycles. The molecule has 2 unspecified atom stereocenters. The fourth-order valence-electron chi connectivity index (χ4n) is 4.68. The van der Waals surface area contributed by atoms with Crippen LogP contribution in [0.3, 0.4) is 0 Å². The second-order valence-corrected chi connectivity index (χ2v) is 8.39. The van der Waals surface area contributed by atoms with E-state index in [2.05, 4.69) is 34.2 Å². The molecule has 2 aliphatic heterocycles. The first-order valence-electron chi connectivity index (χ1n) is 9.58. The lowest BCUT2D eigenvalue weighted by Gasteiger charge is -2.38. The fourth-order valence-corrected chi connectivity index (χ4v) is 4.80. The van der Waals surface area contributed by atoms with E-state index in [1.54, 1.807) is 0 Å². The predicted octanol–water partition coefficient (Wildman–Crippen LogP) is 3.78. The molecule has 2 atom stereocenters. The molecule has 0 radical (unpaired) electrons. The molecule has 1 N–H and O–H groups in total. The number of amides is 1. The Hall–Kier alpha value is -0.520. The normalized spacial score (nSPS) is 25.3. The minimum atomic E-state index is 0. The Morgan fingerprint density at radius 2 is 1.70 bits per heavy atom. The van der Waals surface area contributed by atoms with Gasteiger partial charge < -0.3 is 10.2 Å². The van der Waals surface area contributed by atoms with Crippen molar-refractivity contribution in [2.45, 2.75) is 32.2 Å². The number of carbonyl (C=O) groups is 1. The Morgan fingerprint density at radius 1 is 1.11 bits per heavy atom. The molecule has 1 amide bonds. The van der Waals surface area contributed by atoms with Crippen molar-refractivity contribution in [1.29, 1.82) is 0 Å². The zero-order valence-corrected chi connectivity index (χ0v) is 18.2. The Bertz CT molecular complexity index is 626. The molecule has 4 rings (SSSR count). The van der Waals surface area contributed by atoms with E-state index >= 15 is 0 Å². The van der Waals surface area contributed by atoms with Crippen LogP contribution in [0.25, 0.3) is 0 Å². The van der Waals surface area contributed by atoms with Gasteiger partial charge in [-0.15, -0.1) is 24.8 Å². The van der Waals surface area contributed by atoms with Crippen LogP contribution in [0.5, 0.6) is 0 Å².